The Morgan fingerprint density at radius 3 is 2.48 bits per heavy atom. The largest absolute Gasteiger partial charge is 0.444 e. The van der Waals surface area contributed by atoms with E-state index in [2.05, 4.69) is 36.0 Å². The third-order valence-electron chi connectivity index (χ3n) is 4.00. The zero-order valence-corrected chi connectivity index (χ0v) is 13.2. The Bertz CT molecular complexity index is 753. The Morgan fingerprint density at radius 2 is 1.78 bits per heavy atom. The minimum absolute atomic E-state index is 0.267. The monoisotopic (exact) mass is 310 g/mol. The molecule has 3 nitrogen and oxygen atoms in total. The number of hydrogen-bond donors (Lipinski definition) is 0. The molecular formula is C19H19FN2O. The van der Waals surface area contributed by atoms with Crippen LogP contribution >= 0.6 is 0 Å². The topological polar surface area (TPSA) is 29.3 Å². The molecule has 1 unspecified atom stereocenters. The summed E-state index contributed by atoms with van der Waals surface area (Å²) in [7, 11) is 2.06. The predicted octanol–water partition coefficient (Wildman–Crippen LogP) is 4.67. The van der Waals surface area contributed by atoms with Crippen molar-refractivity contribution in [3.63, 3.8) is 0 Å². The average Bonchev–Trinajstić information content (AvgIpc) is 3.04. The van der Waals surface area contributed by atoms with E-state index in [-0.39, 0.29) is 11.9 Å². The van der Waals surface area contributed by atoms with Crippen molar-refractivity contribution in [1.29, 1.82) is 0 Å². The number of oxazole rings is 1. The van der Waals surface area contributed by atoms with E-state index in [0.717, 1.165) is 11.3 Å². The van der Waals surface area contributed by atoms with Gasteiger partial charge in [-0.3, -0.25) is 4.90 Å². The lowest BCUT2D eigenvalue weighted by Gasteiger charge is -2.23. The molecule has 0 aliphatic carbocycles. The van der Waals surface area contributed by atoms with Crippen LogP contribution in [-0.4, -0.2) is 16.9 Å². The molecule has 0 amide bonds. The molecule has 0 fully saturated rings. The normalized spacial score (nSPS) is 12.5. The minimum atomic E-state index is -0.267. The van der Waals surface area contributed by atoms with Crippen molar-refractivity contribution in [2.45, 2.75) is 19.5 Å². The van der Waals surface area contributed by atoms with Gasteiger partial charge in [0.15, 0.2) is 0 Å². The van der Waals surface area contributed by atoms with Crippen molar-refractivity contribution < 1.29 is 8.81 Å². The van der Waals surface area contributed by atoms with Crippen molar-refractivity contribution in [3.8, 4) is 11.5 Å². The average molecular weight is 310 g/mol. The zero-order chi connectivity index (χ0) is 16.2. The summed E-state index contributed by atoms with van der Waals surface area (Å²) in [5, 5.41) is 0. The van der Waals surface area contributed by atoms with E-state index in [1.807, 2.05) is 18.2 Å². The summed E-state index contributed by atoms with van der Waals surface area (Å²) in [6.45, 7) is 2.84. The molecule has 0 saturated heterocycles. The van der Waals surface area contributed by atoms with Gasteiger partial charge in [-0.05, 0) is 43.8 Å². The van der Waals surface area contributed by atoms with Crippen LogP contribution in [0.3, 0.4) is 0 Å². The molecule has 1 heterocycles. The van der Waals surface area contributed by atoms with Gasteiger partial charge >= 0.3 is 0 Å². The maximum atomic E-state index is 13.0. The first kappa shape index (κ1) is 15.4. The van der Waals surface area contributed by atoms with Crippen LogP contribution in [0.25, 0.3) is 11.5 Å². The number of benzene rings is 2. The maximum Gasteiger partial charge on any atom is 0.226 e. The molecule has 2 aromatic carbocycles. The van der Waals surface area contributed by atoms with Gasteiger partial charge in [0, 0.05) is 18.2 Å². The molecule has 0 bridgehead atoms. The summed E-state index contributed by atoms with van der Waals surface area (Å²) in [6, 6.07) is 16.8. The molecule has 0 N–H and O–H groups in total. The fourth-order valence-electron chi connectivity index (χ4n) is 2.48. The molecule has 4 heteroatoms. The quantitative estimate of drug-likeness (QED) is 0.685. The van der Waals surface area contributed by atoms with Crippen LogP contribution in [0.4, 0.5) is 4.39 Å². The molecule has 1 aromatic heterocycles. The SMILES string of the molecule is CC(c1ccccc1)N(C)Cc1coc(-c2ccc(F)cc2)n1. The third-order valence-corrected chi connectivity index (χ3v) is 4.00. The van der Waals surface area contributed by atoms with E-state index in [4.69, 9.17) is 4.42 Å². The van der Waals surface area contributed by atoms with Crippen LogP contribution in [0.5, 0.6) is 0 Å². The number of nitrogens with zero attached hydrogens (tertiary/aromatic N) is 2. The van der Waals surface area contributed by atoms with E-state index < -0.39 is 0 Å². The van der Waals surface area contributed by atoms with Gasteiger partial charge in [-0.25, -0.2) is 9.37 Å². The van der Waals surface area contributed by atoms with E-state index in [0.29, 0.717) is 12.4 Å². The highest BCUT2D eigenvalue weighted by atomic mass is 19.1. The van der Waals surface area contributed by atoms with Crippen LogP contribution in [0.2, 0.25) is 0 Å². The lowest BCUT2D eigenvalue weighted by atomic mass is 10.1. The molecule has 0 saturated carbocycles. The predicted molar refractivity (Wildman–Crippen MR) is 88.2 cm³/mol. The van der Waals surface area contributed by atoms with Gasteiger partial charge in [0.25, 0.3) is 0 Å². The first-order valence-electron chi connectivity index (χ1n) is 7.59. The third kappa shape index (κ3) is 3.66. The van der Waals surface area contributed by atoms with Crippen LogP contribution in [0, 0.1) is 5.82 Å². The van der Waals surface area contributed by atoms with Gasteiger partial charge < -0.3 is 4.42 Å². The first-order chi connectivity index (χ1) is 11.1. The van der Waals surface area contributed by atoms with E-state index in [9.17, 15) is 4.39 Å². The maximum absolute atomic E-state index is 13.0. The molecular weight excluding hydrogens is 291 g/mol. The van der Waals surface area contributed by atoms with E-state index in [1.54, 1.807) is 18.4 Å². The van der Waals surface area contributed by atoms with Gasteiger partial charge in [-0.2, -0.15) is 0 Å². The molecule has 0 spiro atoms. The van der Waals surface area contributed by atoms with Crippen LogP contribution < -0.4 is 0 Å². The molecule has 3 rings (SSSR count). The van der Waals surface area contributed by atoms with Crippen LogP contribution in [0.1, 0.15) is 24.2 Å². The van der Waals surface area contributed by atoms with E-state index >= 15 is 0 Å². The summed E-state index contributed by atoms with van der Waals surface area (Å²) in [5.74, 6) is 0.248. The molecule has 3 aromatic rings. The van der Waals surface area contributed by atoms with Gasteiger partial charge in [-0.15, -0.1) is 0 Å². The summed E-state index contributed by atoms with van der Waals surface area (Å²) in [6.07, 6.45) is 1.66. The lowest BCUT2D eigenvalue weighted by molar-refractivity contribution is 0.250. The standard InChI is InChI=1S/C19H19FN2O/c1-14(15-6-4-3-5-7-15)22(2)12-18-13-23-19(21-18)16-8-10-17(20)11-9-16/h3-11,13-14H,12H2,1-2H3. The van der Waals surface area contributed by atoms with Crippen LogP contribution in [0.15, 0.2) is 65.3 Å². The minimum Gasteiger partial charge on any atom is -0.444 e. The van der Waals surface area contributed by atoms with Gasteiger partial charge in [0.1, 0.15) is 12.1 Å². The summed E-state index contributed by atoms with van der Waals surface area (Å²) in [5.41, 5.74) is 2.89. The molecule has 0 aliphatic rings. The Balaban J connectivity index is 1.70. The van der Waals surface area contributed by atoms with Crippen molar-refractivity contribution >= 4 is 0 Å². The smallest absolute Gasteiger partial charge is 0.226 e. The number of halogens is 1. The van der Waals surface area contributed by atoms with Crippen molar-refractivity contribution in [1.82, 2.24) is 9.88 Å². The molecule has 0 radical (unpaired) electrons. The zero-order valence-electron chi connectivity index (χ0n) is 13.2. The molecule has 1 atom stereocenters. The summed E-state index contributed by atoms with van der Waals surface area (Å²) < 4.78 is 18.5. The fraction of sp³-hybridized carbons (Fsp3) is 0.211. The van der Waals surface area contributed by atoms with Gasteiger partial charge in [-0.1, -0.05) is 30.3 Å². The molecule has 118 valence electrons. The number of hydrogen-bond acceptors (Lipinski definition) is 3. The Labute approximate surface area is 135 Å². The Morgan fingerprint density at radius 1 is 1.09 bits per heavy atom. The lowest BCUT2D eigenvalue weighted by Crippen LogP contribution is -2.22. The number of aromatic nitrogens is 1. The Kier molecular flexibility index (Phi) is 4.53. The Hall–Kier alpha value is -2.46. The molecule has 0 aliphatic heterocycles. The van der Waals surface area contributed by atoms with Gasteiger partial charge in [0.2, 0.25) is 5.89 Å². The fourth-order valence-corrected chi connectivity index (χ4v) is 2.48. The second-order valence-electron chi connectivity index (χ2n) is 5.65. The van der Waals surface area contributed by atoms with Crippen molar-refractivity contribution in [2.24, 2.45) is 0 Å². The second-order valence-corrected chi connectivity index (χ2v) is 5.65. The first-order valence-corrected chi connectivity index (χ1v) is 7.59. The van der Waals surface area contributed by atoms with Crippen molar-refractivity contribution in [3.05, 3.63) is 77.9 Å². The highest BCUT2D eigenvalue weighted by Crippen LogP contribution is 2.23. The summed E-state index contributed by atoms with van der Waals surface area (Å²) >= 11 is 0. The summed E-state index contributed by atoms with van der Waals surface area (Å²) in [4.78, 5) is 6.71. The van der Waals surface area contributed by atoms with E-state index in [1.165, 1.54) is 17.7 Å². The van der Waals surface area contributed by atoms with Crippen LogP contribution in [-0.2, 0) is 6.54 Å². The highest BCUT2D eigenvalue weighted by Gasteiger charge is 2.14. The molecule has 23 heavy (non-hydrogen) atoms. The van der Waals surface area contributed by atoms with Crippen molar-refractivity contribution in [2.75, 3.05) is 7.05 Å². The number of rotatable bonds is 5. The highest BCUT2D eigenvalue weighted by molar-refractivity contribution is 5.52. The van der Waals surface area contributed by atoms with Gasteiger partial charge in [0.05, 0.1) is 5.69 Å². The second kappa shape index (κ2) is 6.75.